The van der Waals surface area contributed by atoms with E-state index < -0.39 is 14.9 Å². The first-order valence-electron chi connectivity index (χ1n) is 12.3. The zero-order valence-electron chi connectivity index (χ0n) is 21.9. The van der Waals surface area contributed by atoms with Crippen molar-refractivity contribution in [2.24, 2.45) is 0 Å². The molecule has 6 aromatic rings. The van der Waals surface area contributed by atoms with Crippen molar-refractivity contribution in [1.82, 2.24) is 9.97 Å². The van der Waals surface area contributed by atoms with Crippen LogP contribution in [0.1, 0.15) is 5.56 Å². The number of benzene rings is 4. The number of hydrogen-bond donors (Lipinski definition) is 1. The van der Waals surface area contributed by atoms with Gasteiger partial charge in [-0.3, -0.25) is 20.1 Å². The normalized spacial score (nSPS) is 10.3. The summed E-state index contributed by atoms with van der Waals surface area (Å²) < 4.78 is 29.4. The second-order valence-corrected chi connectivity index (χ2v) is 10.0. The summed E-state index contributed by atoms with van der Waals surface area (Å²) in [5, 5.41) is 21.6. The van der Waals surface area contributed by atoms with E-state index in [0.29, 0.717) is 10.9 Å². The topological polar surface area (TPSA) is 137 Å². The minimum atomic E-state index is -4.04. The summed E-state index contributed by atoms with van der Waals surface area (Å²) in [6.07, 6.45) is 5.14. The second kappa shape index (κ2) is 15.5. The van der Waals surface area contributed by atoms with Gasteiger partial charge in [-0.25, -0.2) is 8.42 Å². The molecule has 6 rings (SSSR count). The van der Waals surface area contributed by atoms with E-state index in [1.165, 1.54) is 12.1 Å². The Kier molecular flexibility index (Phi) is 11.8. The van der Waals surface area contributed by atoms with Gasteiger partial charge >= 0.3 is 20.4 Å². The van der Waals surface area contributed by atoms with Crippen LogP contribution in [0, 0.1) is 16.2 Å². The molecule has 11 heteroatoms. The molecule has 0 bridgehead atoms. The summed E-state index contributed by atoms with van der Waals surface area (Å²) in [6.45, 7) is 0.120. The van der Waals surface area contributed by atoms with Gasteiger partial charge in [-0.15, -0.1) is 11.3 Å². The molecule has 0 spiro atoms. The van der Waals surface area contributed by atoms with Crippen LogP contribution in [0.25, 0.3) is 26.4 Å². The Bertz CT molecular complexity index is 1810. The summed E-state index contributed by atoms with van der Waals surface area (Å²) in [5.41, 5.74) is 1.68. The number of nitro benzene ring substituents is 1. The molecule has 0 fully saturated rings. The number of rotatable bonds is 5. The van der Waals surface area contributed by atoms with E-state index in [0.717, 1.165) is 28.5 Å². The number of nitro groups is 1. The first kappa shape index (κ1) is 32.0. The fourth-order valence-electron chi connectivity index (χ4n) is 3.73. The van der Waals surface area contributed by atoms with Crippen LogP contribution in [0.2, 0.25) is 0 Å². The average Bonchev–Trinajstić information content (AvgIpc) is 3.03. The molecule has 0 aliphatic rings. The first-order valence-corrected chi connectivity index (χ1v) is 13.7. The Labute approximate surface area is 256 Å². The smallest absolute Gasteiger partial charge is 0.572 e. The van der Waals surface area contributed by atoms with Gasteiger partial charge < -0.3 is 9.83 Å². The van der Waals surface area contributed by atoms with Crippen LogP contribution in [0.5, 0.6) is 0 Å². The SMILES string of the molecule is O=[N+]([O-])c1ccc(S(=O)(=O)[N-]c2cccc3ccc4cccnc4c23)cc1.OCc1cc[c-]cc1.[Pd+2].c1ccncc1. The number of aliphatic hydroxyl groups is 1. The number of fused-ring (bicyclic) bond motifs is 3. The largest absolute Gasteiger partial charge is 2.00 e. The van der Waals surface area contributed by atoms with Crippen molar-refractivity contribution >= 4 is 43.1 Å². The Morgan fingerprint density at radius 3 is 2.05 bits per heavy atom. The van der Waals surface area contributed by atoms with Gasteiger partial charge in [-0.05, 0) is 41.1 Å². The Morgan fingerprint density at radius 1 is 0.810 bits per heavy atom. The third-order valence-corrected chi connectivity index (χ3v) is 7.00. The van der Waals surface area contributed by atoms with Gasteiger partial charge in [0, 0.05) is 42.7 Å². The molecule has 9 nitrogen and oxygen atoms in total. The van der Waals surface area contributed by atoms with Crippen LogP contribution in [-0.2, 0) is 37.1 Å². The zero-order valence-corrected chi connectivity index (χ0v) is 24.3. The maximum absolute atomic E-state index is 12.7. The van der Waals surface area contributed by atoms with Crippen molar-refractivity contribution in [3.05, 3.63) is 154 Å². The molecular weight excluding hydrogens is 647 g/mol. The fourth-order valence-corrected chi connectivity index (χ4v) is 4.73. The minimum absolute atomic E-state index is 0. The molecule has 0 radical (unpaired) electrons. The summed E-state index contributed by atoms with van der Waals surface area (Å²) in [7, 11) is -4.04. The molecule has 0 unspecified atom stereocenters. The number of aromatic nitrogens is 2. The average molecular weight is 671 g/mol. The Hall–Kier alpha value is -4.53. The predicted molar refractivity (Wildman–Crippen MR) is 158 cm³/mol. The number of hydrogen-bond acceptors (Lipinski definition) is 7. The van der Waals surface area contributed by atoms with Crippen LogP contribution < -0.4 is 0 Å². The Morgan fingerprint density at radius 2 is 1.48 bits per heavy atom. The first-order chi connectivity index (χ1) is 19.9. The standard InChI is InChI=1S/C19H12N3O4S.C7H7O.C5H5N.Pd/c23-22(24)15-8-10-16(11-9-15)27(25,26)21-17-5-1-3-13-6-7-14-4-2-12-20-19(14)18(13)17;8-6-7-4-2-1-3-5-7;1-2-4-6-5-3-1;/h1-12H;2-5,8H,6H2;1-5H;/q2*-1;;+2. The predicted octanol–water partition coefficient (Wildman–Crippen LogP) is 6.75. The van der Waals surface area contributed by atoms with E-state index in [4.69, 9.17) is 5.11 Å². The molecule has 4 aromatic carbocycles. The van der Waals surface area contributed by atoms with Gasteiger partial charge in [-0.2, -0.15) is 30.3 Å². The third kappa shape index (κ3) is 8.49. The van der Waals surface area contributed by atoms with E-state index in [-0.39, 0.29) is 43.3 Å². The van der Waals surface area contributed by atoms with Gasteiger partial charge in [0.25, 0.3) is 5.69 Å². The zero-order chi connectivity index (χ0) is 29.1. The van der Waals surface area contributed by atoms with Crippen LogP contribution in [0.3, 0.4) is 0 Å². The number of nitrogens with zero attached hydrogens (tertiary/aromatic N) is 4. The second-order valence-electron chi connectivity index (χ2n) is 8.42. The number of sulfonamides is 1. The van der Waals surface area contributed by atoms with Crippen molar-refractivity contribution < 1.29 is 38.9 Å². The monoisotopic (exact) mass is 670 g/mol. The Balaban J connectivity index is 0.000000264. The van der Waals surface area contributed by atoms with Crippen molar-refractivity contribution in [2.45, 2.75) is 11.5 Å². The third-order valence-electron chi connectivity index (χ3n) is 5.69. The maximum Gasteiger partial charge on any atom is 2.00 e. The van der Waals surface area contributed by atoms with Crippen molar-refractivity contribution in [1.29, 1.82) is 0 Å². The van der Waals surface area contributed by atoms with E-state index in [1.54, 1.807) is 42.9 Å². The minimum Gasteiger partial charge on any atom is -0.572 e. The summed E-state index contributed by atoms with van der Waals surface area (Å²) in [5.74, 6) is 0. The number of aliphatic hydroxyl groups excluding tert-OH is 1. The van der Waals surface area contributed by atoms with Crippen LogP contribution in [0.15, 0.2) is 133 Å². The van der Waals surface area contributed by atoms with Crippen LogP contribution in [0.4, 0.5) is 11.4 Å². The van der Waals surface area contributed by atoms with Crippen LogP contribution in [-0.4, -0.2) is 28.4 Å². The molecule has 1 N–H and O–H groups in total. The molecule has 0 atom stereocenters. The van der Waals surface area contributed by atoms with E-state index >= 15 is 0 Å². The maximum atomic E-state index is 12.7. The van der Waals surface area contributed by atoms with E-state index in [9.17, 15) is 18.5 Å². The summed E-state index contributed by atoms with van der Waals surface area (Å²) in [6, 6.07) is 33.1. The van der Waals surface area contributed by atoms with Gasteiger partial charge in [0.15, 0.2) is 0 Å². The molecule has 0 aliphatic heterocycles. The fraction of sp³-hybridized carbons (Fsp3) is 0.0323. The van der Waals surface area contributed by atoms with E-state index in [1.807, 2.05) is 60.7 Å². The van der Waals surface area contributed by atoms with Crippen molar-refractivity contribution in [3.8, 4) is 0 Å². The summed E-state index contributed by atoms with van der Waals surface area (Å²) >= 11 is 0. The quantitative estimate of drug-likeness (QED) is 0.0704. The molecule has 0 saturated carbocycles. The molecular formula is C31H24N4O5PdS. The molecule has 0 saturated heterocycles. The molecule has 214 valence electrons. The van der Waals surface area contributed by atoms with Crippen LogP contribution >= 0.6 is 0 Å². The van der Waals surface area contributed by atoms with Gasteiger partial charge in [-0.1, -0.05) is 42.5 Å². The summed E-state index contributed by atoms with van der Waals surface area (Å²) in [4.78, 5) is 18.2. The number of pyridine rings is 2. The molecule has 42 heavy (non-hydrogen) atoms. The molecule has 2 heterocycles. The van der Waals surface area contributed by atoms with Gasteiger partial charge in [0.2, 0.25) is 0 Å². The van der Waals surface area contributed by atoms with Gasteiger partial charge in [0.1, 0.15) is 10.0 Å². The molecule has 2 aromatic heterocycles. The molecule has 0 aliphatic carbocycles. The molecule has 0 amide bonds. The van der Waals surface area contributed by atoms with E-state index in [2.05, 4.69) is 20.8 Å². The van der Waals surface area contributed by atoms with Crippen molar-refractivity contribution in [3.63, 3.8) is 0 Å². The van der Waals surface area contributed by atoms with Gasteiger partial charge in [0.05, 0.1) is 15.3 Å². The van der Waals surface area contributed by atoms with Crippen molar-refractivity contribution in [2.75, 3.05) is 0 Å². The number of non-ortho nitro benzene ring substituents is 1.